The lowest BCUT2D eigenvalue weighted by atomic mass is 9.84. The van der Waals surface area contributed by atoms with Crippen LogP contribution >= 0.6 is 0 Å². The maximum absolute atomic E-state index is 6.85. The first kappa shape index (κ1) is 26.8. The van der Waals surface area contributed by atoms with E-state index in [1.807, 2.05) is 0 Å². The molecule has 0 saturated heterocycles. The van der Waals surface area contributed by atoms with Gasteiger partial charge in [0.15, 0.2) is 11.1 Å². The van der Waals surface area contributed by atoms with Crippen LogP contribution in [0.2, 0.25) is 0 Å². The second-order valence-electron chi connectivity index (χ2n) is 14.2. The van der Waals surface area contributed by atoms with Crippen LogP contribution in [-0.4, -0.2) is 9.25 Å². The molecule has 1 spiro atoms. The molecule has 1 unspecified atom stereocenters. The van der Waals surface area contributed by atoms with Crippen LogP contribution in [0.3, 0.4) is 0 Å². The molecule has 0 saturated carbocycles. The van der Waals surface area contributed by atoms with E-state index in [-0.39, 0.29) is 0 Å². The summed E-state index contributed by atoms with van der Waals surface area (Å²) in [6.07, 6.45) is 6.92. The minimum Gasteiger partial charge on any atom is -0.456 e. The quantitative estimate of drug-likeness (QED) is 0.169. The van der Waals surface area contributed by atoms with E-state index in [4.69, 9.17) is 4.74 Å². The third-order valence-electron chi connectivity index (χ3n) is 11.8. The molecule has 0 aliphatic carbocycles. The predicted octanol–water partition coefficient (Wildman–Crippen LogP) is 9.82. The molecular weight excluding hydrogens is 637 g/mol. The largest absolute Gasteiger partial charge is 0.456 e. The van der Waals surface area contributed by atoms with Crippen LogP contribution in [0.5, 0.6) is 11.5 Å². The number of aromatic nitrogens is 4. The lowest BCUT2D eigenvalue weighted by molar-refractivity contribution is -0.993. The summed E-state index contributed by atoms with van der Waals surface area (Å²) < 4.78 is 16.5. The molecule has 7 aromatic carbocycles. The molecule has 3 aliphatic heterocycles. The van der Waals surface area contributed by atoms with E-state index in [0.29, 0.717) is 0 Å². The standard InChI is InChI=1S/C47H28N4O/c1-2-13-31-29(11-1)12-9-17-34(31)36-23-22-32(33-14-3-4-15-35(33)36)30-27-49-40-19-10-20-41-44(40)47(50(49)28-30)45-42(52-41)25-24-38-37-16-5-6-18-39(37)51(46(38)45)43-21-7-8-26-48(43)47/h1-28H/q+2. The van der Waals surface area contributed by atoms with Crippen LogP contribution in [0, 0.1) is 0 Å². The number of rotatable bonds is 2. The summed E-state index contributed by atoms with van der Waals surface area (Å²) in [7, 11) is 0. The maximum Gasteiger partial charge on any atom is 0.397 e. The number of benzene rings is 7. The van der Waals surface area contributed by atoms with Gasteiger partial charge in [-0.15, -0.1) is 4.68 Å². The lowest BCUT2D eigenvalue weighted by Crippen LogP contribution is -2.76. The number of pyridine rings is 1. The average Bonchev–Trinajstić information content (AvgIpc) is 3.87. The minimum absolute atomic E-state index is 0.711. The Balaban J connectivity index is 1.13. The fourth-order valence-electron chi connectivity index (χ4n) is 9.80. The molecule has 0 amide bonds. The Morgan fingerprint density at radius 1 is 0.519 bits per heavy atom. The van der Waals surface area contributed by atoms with Gasteiger partial charge in [0.2, 0.25) is 6.20 Å². The van der Waals surface area contributed by atoms with Gasteiger partial charge in [-0.1, -0.05) is 108 Å². The highest BCUT2D eigenvalue weighted by Crippen LogP contribution is 2.55. The van der Waals surface area contributed by atoms with E-state index in [9.17, 15) is 0 Å². The van der Waals surface area contributed by atoms with E-state index in [2.05, 4.69) is 189 Å². The van der Waals surface area contributed by atoms with Crippen molar-refractivity contribution in [2.75, 3.05) is 0 Å². The topological polar surface area (TPSA) is 26.8 Å². The smallest absolute Gasteiger partial charge is 0.397 e. The Kier molecular flexibility index (Phi) is 4.76. The van der Waals surface area contributed by atoms with Gasteiger partial charge in [-0.25, -0.2) is 0 Å². The summed E-state index contributed by atoms with van der Waals surface area (Å²) in [5, 5.41) is 7.46. The zero-order valence-electron chi connectivity index (χ0n) is 27.9. The highest BCUT2D eigenvalue weighted by molar-refractivity contribution is 6.12. The Bertz CT molecular complexity index is 3230. The van der Waals surface area contributed by atoms with Gasteiger partial charge in [-0.05, 0) is 80.7 Å². The van der Waals surface area contributed by atoms with Crippen molar-refractivity contribution in [3.8, 4) is 45.3 Å². The number of para-hydroxylation sites is 1. The predicted molar refractivity (Wildman–Crippen MR) is 204 cm³/mol. The normalized spacial score (nSPS) is 15.9. The molecule has 5 nitrogen and oxygen atoms in total. The first-order chi connectivity index (χ1) is 25.8. The third kappa shape index (κ3) is 3.00. The second-order valence-corrected chi connectivity index (χ2v) is 14.2. The fraction of sp³-hybridized carbons (Fsp3) is 0.0213. The molecule has 6 heterocycles. The lowest BCUT2D eigenvalue weighted by Gasteiger charge is -2.32. The first-order valence-corrected chi connectivity index (χ1v) is 17.9. The number of nitrogens with zero attached hydrogens (tertiary/aromatic N) is 4. The summed E-state index contributed by atoms with van der Waals surface area (Å²) in [5.41, 5.74) is 9.98. The van der Waals surface area contributed by atoms with Crippen LogP contribution in [0.15, 0.2) is 170 Å². The summed E-state index contributed by atoms with van der Waals surface area (Å²) in [5.74, 6) is 2.89. The zero-order chi connectivity index (χ0) is 33.7. The van der Waals surface area contributed by atoms with Gasteiger partial charge >= 0.3 is 5.66 Å². The van der Waals surface area contributed by atoms with Crippen molar-refractivity contribution in [2.24, 2.45) is 0 Å². The van der Waals surface area contributed by atoms with Crippen molar-refractivity contribution in [1.29, 1.82) is 0 Å². The fourth-order valence-corrected chi connectivity index (χ4v) is 9.80. The molecule has 3 aliphatic rings. The monoisotopic (exact) mass is 664 g/mol. The molecule has 1 atom stereocenters. The molecule has 240 valence electrons. The van der Waals surface area contributed by atoms with Crippen LogP contribution < -0.4 is 14.0 Å². The van der Waals surface area contributed by atoms with Crippen molar-refractivity contribution >= 4 is 43.4 Å². The number of hydrogen-bond acceptors (Lipinski definition) is 1. The van der Waals surface area contributed by atoms with Crippen molar-refractivity contribution in [3.63, 3.8) is 0 Å². The van der Waals surface area contributed by atoms with Gasteiger partial charge in [0.05, 0.1) is 18.0 Å². The van der Waals surface area contributed by atoms with Gasteiger partial charge in [0.1, 0.15) is 28.3 Å². The third-order valence-corrected chi connectivity index (χ3v) is 11.8. The highest BCUT2D eigenvalue weighted by atomic mass is 16.5. The maximum atomic E-state index is 6.85. The Morgan fingerprint density at radius 3 is 2.15 bits per heavy atom. The van der Waals surface area contributed by atoms with E-state index in [0.717, 1.165) is 39.7 Å². The van der Waals surface area contributed by atoms with Crippen LogP contribution in [0.4, 0.5) is 0 Å². The zero-order valence-corrected chi connectivity index (χ0v) is 27.9. The first-order valence-electron chi connectivity index (χ1n) is 17.9. The van der Waals surface area contributed by atoms with Crippen molar-refractivity contribution < 1.29 is 14.0 Å². The molecule has 0 fully saturated rings. The molecule has 10 aromatic rings. The van der Waals surface area contributed by atoms with E-state index < -0.39 is 5.66 Å². The summed E-state index contributed by atoms with van der Waals surface area (Å²) in [6, 6.07) is 55.0. The molecular formula is C47H28N4O+2. The van der Waals surface area contributed by atoms with Gasteiger partial charge in [0, 0.05) is 16.8 Å². The Morgan fingerprint density at radius 2 is 1.23 bits per heavy atom. The Hall–Kier alpha value is -6.98. The van der Waals surface area contributed by atoms with Crippen LogP contribution in [-0.2, 0) is 5.66 Å². The van der Waals surface area contributed by atoms with Gasteiger partial charge in [-0.3, -0.25) is 0 Å². The van der Waals surface area contributed by atoms with Gasteiger partial charge in [-0.2, -0.15) is 9.13 Å². The second kappa shape index (κ2) is 9.22. The molecule has 52 heavy (non-hydrogen) atoms. The van der Waals surface area contributed by atoms with E-state index in [1.54, 1.807) is 0 Å². The summed E-state index contributed by atoms with van der Waals surface area (Å²) in [6.45, 7) is 0. The van der Waals surface area contributed by atoms with Gasteiger partial charge < -0.3 is 4.74 Å². The van der Waals surface area contributed by atoms with E-state index in [1.165, 1.54) is 60.0 Å². The number of fused-ring (bicyclic) bond motifs is 9. The van der Waals surface area contributed by atoms with Gasteiger partial charge in [0.25, 0.3) is 5.82 Å². The van der Waals surface area contributed by atoms with Crippen LogP contribution in [0.1, 0.15) is 11.1 Å². The Labute approximate surface area is 298 Å². The van der Waals surface area contributed by atoms with Crippen molar-refractivity contribution in [2.45, 2.75) is 5.66 Å². The molecule has 0 N–H and O–H groups in total. The average molecular weight is 665 g/mol. The molecule has 5 heteroatoms. The minimum atomic E-state index is -0.711. The van der Waals surface area contributed by atoms with Crippen molar-refractivity contribution in [3.05, 3.63) is 181 Å². The van der Waals surface area contributed by atoms with E-state index >= 15 is 0 Å². The number of hydrogen-bond donors (Lipinski definition) is 0. The molecule has 3 aromatic heterocycles. The molecule has 13 rings (SSSR count). The highest BCUT2D eigenvalue weighted by Gasteiger charge is 2.68. The molecule has 0 bridgehead atoms. The summed E-state index contributed by atoms with van der Waals surface area (Å²) in [4.78, 5) is 0. The van der Waals surface area contributed by atoms with Crippen molar-refractivity contribution in [1.82, 2.24) is 9.25 Å². The van der Waals surface area contributed by atoms with Crippen LogP contribution in [0.25, 0.3) is 77.1 Å². The number of ether oxygens (including phenoxy) is 1. The SMILES string of the molecule is c1cc2c3c(c1)-n1cc(-c4ccc(-c5cccc6ccccc56)c5ccccc45)c[n+]1C31c3c(ccc4c5ccccc5n(c34)-c3cccc[n+]31)O2. The molecule has 0 radical (unpaired) electrons. The summed E-state index contributed by atoms with van der Waals surface area (Å²) >= 11 is 0.